The number of nitrogens with zero attached hydrogens (tertiary/aromatic N) is 5. The second-order valence-electron chi connectivity index (χ2n) is 8.15. The van der Waals surface area contributed by atoms with E-state index in [0.717, 1.165) is 22.5 Å². The summed E-state index contributed by atoms with van der Waals surface area (Å²) >= 11 is 0. The molecule has 2 N–H and O–H groups in total. The van der Waals surface area contributed by atoms with E-state index in [-0.39, 0.29) is 5.69 Å². The van der Waals surface area contributed by atoms with Crippen molar-refractivity contribution in [2.45, 2.75) is 32.1 Å². The molecule has 3 aromatic heterocycles. The summed E-state index contributed by atoms with van der Waals surface area (Å²) in [5, 5.41) is 7.78. The summed E-state index contributed by atoms with van der Waals surface area (Å²) in [4.78, 5) is 26.7. The van der Waals surface area contributed by atoms with Gasteiger partial charge in [-0.15, -0.1) is 0 Å². The largest absolute Gasteiger partial charge is 0.390 e. The van der Waals surface area contributed by atoms with Crippen LogP contribution in [0.1, 0.15) is 33.7 Å². The lowest BCUT2D eigenvalue weighted by atomic mass is 10.0. The minimum atomic E-state index is -4.34. The average molecular weight is 469 g/mol. The number of fused-ring (bicyclic) bond motifs is 2. The van der Waals surface area contributed by atoms with E-state index in [1.807, 2.05) is 41.3 Å². The Kier molecular flexibility index (Phi) is 5.68. The average Bonchev–Trinajstić information content (AvgIpc) is 3.43. The zero-order valence-corrected chi connectivity index (χ0v) is 18.1. The predicted molar refractivity (Wildman–Crippen MR) is 119 cm³/mol. The van der Waals surface area contributed by atoms with Crippen LogP contribution in [0.5, 0.6) is 0 Å². The van der Waals surface area contributed by atoms with E-state index in [1.54, 1.807) is 10.9 Å². The normalized spacial score (nSPS) is 13.8. The number of carbonyl (C=O) groups is 1. The molecule has 1 aliphatic rings. The van der Waals surface area contributed by atoms with Gasteiger partial charge in [-0.05, 0) is 11.6 Å². The van der Waals surface area contributed by atoms with Crippen LogP contribution in [0.15, 0.2) is 48.9 Å². The van der Waals surface area contributed by atoms with Gasteiger partial charge in [-0.3, -0.25) is 9.48 Å². The van der Waals surface area contributed by atoms with E-state index < -0.39 is 25.0 Å². The fourth-order valence-corrected chi connectivity index (χ4v) is 4.25. The maximum Gasteiger partial charge on any atom is 0.390 e. The summed E-state index contributed by atoms with van der Waals surface area (Å²) in [5.74, 6) is 0.125. The van der Waals surface area contributed by atoms with Crippen LogP contribution in [-0.2, 0) is 19.5 Å². The van der Waals surface area contributed by atoms with Crippen molar-refractivity contribution in [3.8, 4) is 0 Å². The lowest BCUT2D eigenvalue weighted by Gasteiger charge is -2.29. The number of H-pyrrole nitrogens is 1. The molecule has 0 atom stereocenters. The number of benzene rings is 1. The lowest BCUT2D eigenvalue weighted by Crippen LogP contribution is -2.34. The first-order valence-electron chi connectivity index (χ1n) is 10.9. The highest BCUT2D eigenvalue weighted by Crippen LogP contribution is 2.30. The summed E-state index contributed by atoms with van der Waals surface area (Å²) in [5.41, 5.74) is 3.48. The molecule has 5 rings (SSSR count). The molecule has 4 heterocycles. The molecule has 8 nitrogen and oxygen atoms in total. The smallest absolute Gasteiger partial charge is 0.351 e. The van der Waals surface area contributed by atoms with Gasteiger partial charge in [0.25, 0.3) is 5.91 Å². The number of nitrogens with one attached hydrogen (secondary N) is 2. The molecule has 1 aliphatic heterocycles. The highest BCUT2D eigenvalue weighted by molar-refractivity contribution is 5.94. The number of rotatable bonds is 6. The second-order valence-corrected chi connectivity index (χ2v) is 8.15. The van der Waals surface area contributed by atoms with Gasteiger partial charge in [0.15, 0.2) is 5.69 Å². The minimum absolute atomic E-state index is 0.150. The fraction of sp³-hybridized carbons (Fsp3) is 0.304. The van der Waals surface area contributed by atoms with E-state index in [0.29, 0.717) is 37.3 Å². The van der Waals surface area contributed by atoms with Crippen LogP contribution in [-0.4, -0.2) is 49.9 Å². The van der Waals surface area contributed by atoms with Gasteiger partial charge in [0.2, 0.25) is 0 Å². The molecule has 0 spiro atoms. The monoisotopic (exact) mass is 469 g/mol. The van der Waals surface area contributed by atoms with E-state index in [1.165, 1.54) is 6.33 Å². The van der Waals surface area contributed by atoms with Gasteiger partial charge < -0.3 is 15.2 Å². The summed E-state index contributed by atoms with van der Waals surface area (Å²) in [6.07, 6.45) is -1.56. The molecule has 176 valence electrons. The van der Waals surface area contributed by atoms with Crippen molar-refractivity contribution in [3.05, 3.63) is 71.4 Å². The van der Waals surface area contributed by atoms with Crippen LogP contribution in [0.25, 0.3) is 11.0 Å². The number of aromatic nitrogens is 5. The number of alkyl halides is 3. The van der Waals surface area contributed by atoms with Crippen molar-refractivity contribution in [3.63, 3.8) is 0 Å². The third kappa shape index (κ3) is 4.45. The first-order chi connectivity index (χ1) is 16.4. The molecule has 34 heavy (non-hydrogen) atoms. The topological polar surface area (TPSA) is 91.7 Å². The molecule has 0 radical (unpaired) electrons. The van der Waals surface area contributed by atoms with Crippen LogP contribution < -0.4 is 10.2 Å². The molecule has 11 heteroatoms. The van der Waals surface area contributed by atoms with Gasteiger partial charge in [0, 0.05) is 43.5 Å². The van der Waals surface area contributed by atoms with Gasteiger partial charge in [-0.25, -0.2) is 9.97 Å². The third-order valence-electron chi connectivity index (χ3n) is 5.85. The Morgan fingerprint density at radius 2 is 1.97 bits per heavy atom. The van der Waals surface area contributed by atoms with Crippen LogP contribution >= 0.6 is 0 Å². The highest BCUT2D eigenvalue weighted by atomic mass is 19.4. The number of anilines is 1. The number of amides is 1. The third-order valence-corrected chi connectivity index (χ3v) is 5.85. The van der Waals surface area contributed by atoms with Gasteiger partial charge >= 0.3 is 6.18 Å². The Hall–Kier alpha value is -3.89. The zero-order valence-electron chi connectivity index (χ0n) is 18.1. The van der Waals surface area contributed by atoms with Crippen LogP contribution in [0.4, 0.5) is 19.0 Å². The van der Waals surface area contributed by atoms with E-state index in [4.69, 9.17) is 0 Å². The zero-order chi connectivity index (χ0) is 23.7. The molecular weight excluding hydrogens is 447 g/mol. The molecule has 1 amide bonds. The minimum Gasteiger partial charge on any atom is -0.351 e. The maximum atomic E-state index is 12.9. The first-order valence-corrected chi connectivity index (χ1v) is 10.9. The summed E-state index contributed by atoms with van der Waals surface area (Å²) in [6.45, 7) is 0.986. The Morgan fingerprint density at radius 1 is 1.15 bits per heavy atom. The van der Waals surface area contributed by atoms with Gasteiger partial charge in [-0.1, -0.05) is 30.3 Å². The van der Waals surface area contributed by atoms with Gasteiger partial charge in [0.05, 0.1) is 18.4 Å². The number of hydrogen-bond acceptors (Lipinski definition) is 5. The fourth-order valence-electron chi connectivity index (χ4n) is 4.25. The van der Waals surface area contributed by atoms with Crippen molar-refractivity contribution in [1.29, 1.82) is 0 Å². The van der Waals surface area contributed by atoms with Crippen molar-refractivity contribution in [2.75, 3.05) is 18.0 Å². The molecule has 0 unspecified atom stereocenters. The lowest BCUT2D eigenvalue weighted by molar-refractivity contribution is -0.133. The second kappa shape index (κ2) is 8.81. The van der Waals surface area contributed by atoms with Crippen LogP contribution in [0.2, 0.25) is 0 Å². The van der Waals surface area contributed by atoms with E-state index in [9.17, 15) is 18.0 Å². The Labute approximate surface area is 192 Å². The molecule has 0 saturated carbocycles. The van der Waals surface area contributed by atoms with Crippen LogP contribution in [0.3, 0.4) is 0 Å². The van der Waals surface area contributed by atoms with Crippen molar-refractivity contribution in [2.24, 2.45) is 0 Å². The Morgan fingerprint density at radius 3 is 2.76 bits per heavy atom. The summed E-state index contributed by atoms with van der Waals surface area (Å²) in [7, 11) is 0. The van der Waals surface area contributed by atoms with Crippen LogP contribution in [0, 0.1) is 0 Å². The summed E-state index contributed by atoms with van der Waals surface area (Å²) < 4.78 is 39.5. The van der Waals surface area contributed by atoms with E-state index >= 15 is 0 Å². The molecule has 0 bridgehead atoms. The number of hydrogen-bond donors (Lipinski definition) is 2. The number of aromatic amines is 1. The Balaban J connectivity index is 1.46. The quantitative estimate of drug-likeness (QED) is 0.451. The summed E-state index contributed by atoms with van der Waals surface area (Å²) in [6, 6.07) is 11.6. The standard InChI is InChI=1S/C23H22F3N7O/c24-23(25,26)8-10-28-22(34)19-17-13-32(21-16-6-9-27-20(16)29-14-30-21)11-7-18(17)33(31-19)12-15-4-2-1-3-5-15/h1-6,9,14H,7-8,10-13H2,(H,28,34)(H,27,29,30). The highest BCUT2D eigenvalue weighted by Gasteiger charge is 2.31. The Bertz CT molecular complexity index is 1310. The number of halogens is 3. The molecule has 0 saturated heterocycles. The molecule has 1 aromatic carbocycles. The number of carbonyl (C=O) groups excluding carboxylic acids is 1. The molecule has 0 fully saturated rings. The van der Waals surface area contributed by atoms with Crippen molar-refractivity contribution >= 4 is 22.8 Å². The van der Waals surface area contributed by atoms with Crippen molar-refractivity contribution < 1.29 is 18.0 Å². The predicted octanol–water partition coefficient (Wildman–Crippen LogP) is 3.45. The molecular formula is C23H22F3N7O. The van der Waals surface area contributed by atoms with Gasteiger partial charge in [-0.2, -0.15) is 18.3 Å². The SMILES string of the molecule is O=C(NCCC(F)(F)F)c1nn(Cc2ccccc2)c2c1CN(c1ncnc3[nH]ccc13)CC2. The molecule has 0 aliphatic carbocycles. The molecule has 4 aromatic rings. The van der Waals surface area contributed by atoms with Gasteiger partial charge in [0.1, 0.15) is 17.8 Å². The first kappa shape index (κ1) is 21.9. The van der Waals surface area contributed by atoms with Crippen molar-refractivity contribution in [1.82, 2.24) is 30.0 Å². The maximum absolute atomic E-state index is 12.9. The van der Waals surface area contributed by atoms with E-state index in [2.05, 4.69) is 25.4 Å².